The molecule has 0 fully saturated rings. The van der Waals surface area contributed by atoms with E-state index >= 15 is 0 Å². The monoisotopic (exact) mass is 358 g/mol. The van der Waals surface area contributed by atoms with Gasteiger partial charge in [0.15, 0.2) is 0 Å². The number of amides is 1. The van der Waals surface area contributed by atoms with Gasteiger partial charge >= 0.3 is 5.97 Å². The van der Waals surface area contributed by atoms with Crippen molar-refractivity contribution in [2.24, 2.45) is 0 Å². The Balaban J connectivity index is 1.69. The minimum atomic E-state index is -0.816. The normalized spacial score (nSPS) is 10.6. The van der Waals surface area contributed by atoms with Gasteiger partial charge in [-0.1, -0.05) is 29.5 Å². The van der Waals surface area contributed by atoms with Crippen LogP contribution in [0.3, 0.4) is 0 Å². The molecule has 0 radical (unpaired) electrons. The van der Waals surface area contributed by atoms with Gasteiger partial charge in [-0.3, -0.25) is 19.7 Å². The Kier molecular flexibility index (Phi) is 4.85. The van der Waals surface area contributed by atoms with Crippen LogP contribution in [0.4, 0.5) is 5.13 Å². The number of ether oxygens (including phenoxy) is 1. The molecule has 0 bridgehead atoms. The zero-order valence-electron chi connectivity index (χ0n) is 13.2. The van der Waals surface area contributed by atoms with Crippen molar-refractivity contribution in [2.45, 2.75) is 13.3 Å². The van der Waals surface area contributed by atoms with Gasteiger partial charge in [0.1, 0.15) is 5.01 Å². The summed E-state index contributed by atoms with van der Waals surface area (Å²) in [5, 5.41) is 11.2. The highest BCUT2D eigenvalue weighted by molar-refractivity contribution is 7.15. The van der Waals surface area contributed by atoms with E-state index in [0.717, 1.165) is 16.9 Å². The van der Waals surface area contributed by atoms with Crippen LogP contribution in [0, 0.1) is 0 Å². The first-order chi connectivity index (χ1) is 12.1. The molecule has 0 atom stereocenters. The Morgan fingerprint density at radius 1 is 1.24 bits per heavy atom. The third-order valence-corrected chi connectivity index (χ3v) is 4.17. The Bertz CT molecular complexity index is 946. The van der Waals surface area contributed by atoms with Crippen molar-refractivity contribution in [3.05, 3.63) is 41.0 Å². The highest BCUT2D eigenvalue weighted by Gasteiger charge is 2.21. The lowest BCUT2D eigenvalue weighted by Crippen LogP contribution is -2.22. The van der Waals surface area contributed by atoms with Crippen LogP contribution in [0.1, 0.15) is 22.3 Å². The molecule has 0 aliphatic heterocycles. The Labute approximate surface area is 146 Å². The number of anilines is 1. The molecule has 0 unspecified atom stereocenters. The number of Topliss-reactive ketones (excluding diaryl/α,β-unsaturated/α-hetero) is 1. The van der Waals surface area contributed by atoms with Crippen LogP contribution in [0.5, 0.6) is 0 Å². The molecule has 0 aliphatic rings. The molecule has 3 rings (SSSR count). The van der Waals surface area contributed by atoms with Gasteiger partial charge in [0, 0.05) is 17.1 Å². The molecule has 0 saturated heterocycles. The molecular weight excluding hydrogens is 344 g/mol. The van der Waals surface area contributed by atoms with E-state index in [1.807, 2.05) is 12.1 Å². The molecule has 128 valence electrons. The second-order valence-electron chi connectivity index (χ2n) is 5.01. The maximum Gasteiger partial charge on any atom is 0.312 e. The van der Waals surface area contributed by atoms with Crippen molar-refractivity contribution in [1.82, 2.24) is 15.2 Å². The van der Waals surface area contributed by atoms with E-state index in [4.69, 9.17) is 4.74 Å². The minimum Gasteiger partial charge on any atom is -0.466 e. The van der Waals surface area contributed by atoms with E-state index in [1.54, 1.807) is 19.1 Å². The number of carbonyl (C=O) groups excluding carboxylic acids is 3. The molecule has 1 aromatic carbocycles. The van der Waals surface area contributed by atoms with Crippen molar-refractivity contribution in [3.63, 3.8) is 0 Å². The quantitative estimate of drug-likeness (QED) is 0.395. The molecule has 9 heteroatoms. The highest BCUT2D eigenvalue weighted by atomic mass is 32.1. The van der Waals surface area contributed by atoms with E-state index in [0.29, 0.717) is 10.4 Å². The smallest absolute Gasteiger partial charge is 0.312 e. The number of hydrogen-bond donors (Lipinski definition) is 2. The van der Waals surface area contributed by atoms with Crippen LogP contribution in [-0.4, -0.2) is 39.4 Å². The van der Waals surface area contributed by atoms with Crippen LogP contribution in [0.2, 0.25) is 0 Å². The summed E-state index contributed by atoms with van der Waals surface area (Å²) >= 11 is 1.02. The molecule has 8 nitrogen and oxygen atoms in total. The van der Waals surface area contributed by atoms with Crippen LogP contribution in [0.15, 0.2) is 30.5 Å². The molecule has 0 aliphatic carbocycles. The summed E-state index contributed by atoms with van der Waals surface area (Å²) in [7, 11) is 0. The Hall–Kier alpha value is -3.07. The first kappa shape index (κ1) is 16.8. The van der Waals surface area contributed by atoms with Crippen molar-refractivity contribution in [3.8, 4) is 0 Å². The number of rotatable bonds is 6. The molecule has 2 aromatic heterocycles. The number of nitrogens with one attached hydrogen (secondary N) is 2. The number of esters is 1. The second kappa shape index (κ2) is 7.22. The van der Waals surface area contributed by atoms with Gasteiger partial charge in [-0.15, -0.1) is 10.2 Å². The number of fused-ring (bicyclic) bond motifs is 1. The standard InChI is InChI=1S/C16H14N4O4S/c1-2-24-13(21)7-12-19-20-16(25-12)18-15(23)14(22)10-8-17-11-6-4-3-5-9(10)11/h3-6,8,17H,2,7H2,1H3,(H,18,20,23). The first-order valence-corrected chi connectivity index (χ1v) is 8.30. The average molecular weight is 358 g/mol. The van der Waals surface area contributed by atoms with Gasteiger partial charge < -0.3 is 9.72 Å². The molecule has 0 spiro atoms. The molecule has 2 N–H and O–H groups in total. The largest absolute Gasteiger partial charge is 0.466 e. The number of carbonyl (C=O) groups is 3. The van der Waals surface area contributed by atoms with Gasteiger partial charge in [0.25, 0.3) is 11.7 Å². The SMILES string of the molecule is CCOC(=O)Cc1nnc(NC(=O)C(=O)c2c[nH]c3ccccc23)s1. The lowest BCUT2D eigenvalue weighted by atomic mass is 10.1. The first-order valence-electron chi connectivity index (χ1n) is 7.48. The fourth-order valence-corrected chi connectivity index (χ4v) is 2.97. The molecule has 1 amide bonds. The summed E-state index contributed by atoms with van der Waals surface area (Å²) < 4.78 is 4.82. The summed E-state index contributed by atoms with van der Waals surface area (Å²) in [6.07, 6.45) is 1.47. The summed E-state index contributed by atoms with van der Waals surface area (Å²) in [5.41, 5.74) is 1.05. The summed E-state index contributed by atoms with van der Waals surface area (Å²) in [6.45, 7) is 1.99. The van der Waals surface area contributed by atoms with Gasteiger partial charge in [-0.25, -0.2) is 0 Å². The van der Waals surface area contributed by atoms with E-state index in [9.17, 15) is 14.4 Å². The molecule has 2 heterocycles. The highest BCUT2D eigenvalue weighted by Crippen LogP contribution is 2.20. The zero-order chi connectivity index (χ0) is 17.8. The van der Waals surface area contributed by atoms with E-state index in [-0.39, 0.29) is 23.7 Å². The number of aromatic nitrogens is 3. The van der Waals surface area contributed by atoms with Crippen molar-refractivity contribution >= 4 is 45.0 Å². The average Bonchev–Trinajstić information content (AvgIpc) is 3.21. The predicted molar refractivity (Wildman–Crippen MR) is 91.5 cm³/mol. The number of hydrogen-bond acceptors (Lipinski definition) is 7. The fraction of sp³-hybridized carbons (Fsp3) is 0.188. The van der Waals surface area contributed by atoms with E-state index in [1.165, 1.54) is 6.20 Å². The number of ketones is 1. The Morgan fingerprint density at radius 2 is 2.04 bits per heavy atom. The molecule has 3 aromatic rings. The molecular formula is C16H14N4O4S. The van der Waals surface area contributed by atoms with Crippen LogP contribution < -0.4 is 5.32 Å². The van der Waals surface area contributed by atoms with E-state index < -0.39 is 17.7 Å². The molecule has 0 saturated carbocycles. The number of H-pyrrole nitrogens is 1. The van der Waals surface area contributed by atoms with Gasteiger partial charge in [-0.2, -0.15) is 0 Å². The maximum atomic E-state index is 12.3. The topological polar surface area (TPSA) is 114 Å². The zero-order valence-corrected chi connectivity index (χ0v) is 14.1. The van der Waals surface area contributed by atoms with Crippen LogP contribution in [0.25, 0.3) is 10.9 Å². The van der Waals surface area contributed by atoms with Crippen molar-refractivity contribution in [1.29, 1.82) is 0 Å². The number of benzene rings is 1. The van der Waals surface area contributed by atoms with Crippen LogP contribution in [-0.2, 0) is 20.7 Å². The Morgan fingerprint density at radius 3 is 2.84 bits per heavy atom. The minimum absolute atomic E-state index is 0.0300. The lowest BCUT2D eigenvalue weighted by Gasteiger charge is -1.99. The summed E-state index contributed by atoms with van der Waals surface area (Å²) in [4.78, 5) is 38.9. The summed E-state index contributed by atoms with van der Waals surface area (Å²) in [5.74, 6) is -1.92. The second-order valence-corrected chi connectivity index (χ2v) is 6.08. The molecule has 25 heavy (non-hydrogen) atoms. The van der Waals surface area contributed by atoms with Crippen molar-refractivity contribution < 1.29 is 19.1 Å². The predicted octanol–water partition coefficient (Wildman–Crippen LogP) is 1.95. The van der Waals surface area contributed by atoms with Gasteiger partial charge in [0.2, 0.25) is 5.13 Å². The van der Waals surface area contributed by atoms with Crippen LogP contribution >= 0.6 is 11.3 Å². The third-order valence-electron chi connectivity index (χ3n) is 3.33. The van der Waals surface area contributed by atoms with Gasteiger partial charge in [-0.05, 0) is 13.0 Å². The lowest BCUT2D eigenvalue weighted by molar-refractivity contribution is -0.142. The number of para-hydroxylation sites is 1. The van der Waals surface area contributed by atoms with Gasteiger partial charge in [0.05, 0.1) is 18.6 Å². The third kappa shape index (κ3) is 3.72. The van der Waals surface area contributed by atoms with Crippen molar-refractivity contribution in [2.75, 3.05) is 11.9 Å². The van der Waals surface area contributed by atoms with E-state index in [2.05, 4.69) is 20.5 Å². The number of nitrogens with zero attached hydrogens (tertiary/aromatic N) is 2. The fourth-order valence-electron chi connectivity index (χ4n) is 2.25. The number of aromatic amines is 1. The summed E-state index contributed by atoms with van der Waals surface area (Å²) in [6, 6.07) is 7.20. The maximum absolute atomic E-state index is 12.3.